The lowest BCUT2D eigenvalue weighted by Gasteiger charge is -2.49. The summed E-state index contributed by atoms with van der Waals surface area (Å²) in [6.45, 7) is 8.98. The van der Waals surface area contributed by atoms with E-state index in [9.17, 15) is 0 Å². The highest BCUT2D eigenvalue weighted by atomic mass is 15.2. The number of hydrogen-bond donors (Lipinski definition) is 0. The highest BCUT2D eigenvalue weighted by Gasteiger charge is 2.45. The summed E-state index contributed by atoms with van der Waals surface area (Å²) in [6.07, 6.45) is 10.5. The maximum Gasteiger partial charge on any atom is 0.0127 e. The second-order valence-corrected chi connectivity index (χ2v) is 8.21. The maximum absolute atomic E-state index is 2.90. The molecule has 5 fully saturated rings. The van der Waals surface area contributed by atoms with Crippen molar-refractivity contribution in [2.24, 2.45) is 17.8 Å². The highest BCUT2D eigenvalue weighted by Crippen LogP contribution is 2.45. The van der Waals surface area contributed by atoms with Crippen LogP contribution in [0.15, 0.2) is 0 Å². The minimum absolute atomic E-state index is 0.839. The van der Waals surface area contributed by atoms with Gasteiger partial charge in [0.05, 0.1) is 0 Å². The van der Waals surface area contributed by atoms with Gasteiger partial charge in [-0.1, -0.05) is 6.92 Å². The van der Waals surface area contributed by atoms with E-state index >= 15 is 0 Å². The minimum Gasteiger partial charge on any atom is -0.300 e. The molecule has 5 aliphatic rings. The SMILES string of the molecule is CCN1C[C@H]2CC(CC(C)N3CC4CCC3CC4)[C@@H]1C2. The summed E-state index contributed by atoms with van der Waals surface area (Å²) in [5, 5.41) is 0. The zero-order chi connectivity index (χ0) is 13.7. The van der Waals surface area contributed by atoms with Crippen LogP contribution in [0.4, 0.5) is 0 Å². The fourth-order valence-electron chi connectivity index (χ4n) is 6.12. The van der Waals surface area contributed by atoms with E-state index in [2.05, 4.69) is 23.6 Å². The van der Waals surface area contributed by atoms with Crippen molar-refractivity contribution in [3.63, 3.8) is 0 Å². The molecular formula is C18H32N2. The Morgan fingerprint density at radius 1 is 1.00 bits per heavy atom. The smallest absolute Gasteiger partial charge is 0.0127 e. The maximum atomic E-state index is 2.90. The predicted molar refractivity (Wildman–Crippen MR) is 83.8 cm³/mol. The van der Waals surface area contributed by atoms with Crippen LogP contribution in [-0.2, 0) is 0 Å². The molecule has 2 saturated carbocycles. The Balaban J connectivity index is 1.37. The lowest BCUT2D eigenvalue weighted by atomic mass is 9.78. The molecule has 4 atom stereocenters. The van der Waals surface area contributed by atoms with E-state index in [0.717, 1.165) is 35.9 Å². The number of likely N-dealkylation sites (tertiary alicyclic amines) is 1. The molecule has 0 aromatic heterocycles. The van der Waals surface area contributed by atoms with Gasteiger partial charge in [-0.15, -0.1) is 0 Å². The molecule has 0 N–H and O–H groups in total. The molecule has 5 rings (SSSR count). The summed E-state index contributed by atoms with van der Waals surface area (Å²) in [5.74, 6) is 3.08. The van der Waals surface area contributed by atoms with Gasteiger partial charge >= 0.3 is 0 Å². The average Bonchev–Trinajstić information content (AvgIpc) is 3.07. The fraction of sp³-hybridized carbons (Fsp3) is 1.00. The molecule has 114 valence electrons. The van der Waals surface area contributed by atoms with Crippen LogP contribution in [-0.4, -0.2) is 47.6 Å². The zero-order valence-electron chi connectivity index (χ0n) is 13.4. The van der Waals surface area contributed by atoms with Crippen molar-refractivity contribution in [3.05, 3.63) is 0 Å². The predicted octanol–water partition coefficient (Wildman–Crippen LogP) is 3.37. The molecule has 0 aromatic carbocycles. The van der Waals surface area contributed by atoms with E-state index < -0.39 is 0 Å². The summed E-state index contributed by atoms with van der Waals surface area (Å²) in [7, 11) is 0. The van der Waals surface area contributed by atoms with Crippen LogP contribution in [0, 0.1) is 17.8 Å². The summed E-state index contributed by atoms with van der Waals surface area (Å²) in [6, 6.07) is 2.72. The third-order valence-corrected chi connectivity index (χ3v) is 7.09. The third kappa shape index (κ3) is 2.23. The normalized spacial score (nSPS) is 46.2. The first-order chi connectivity index (χ1) is 9.74. The van der Waals surface area contributed by atoms with Crippen molar-refractivity contribution in [2.75, 3.05) is 19.6 Å². The van der Waals surface area contributed by atoms with Gasteiger partial charge in [-0.3, -0.25) is 4.90 Å². The van der Waals surface area contributed by atoms with Crippen LogP contribution in [0.1, 0.15) is 58.8 Å². The average molecular weight is 276 g/mol. The van der Waals surface area contributed by atoms with E-state index in [4.69, 9.17) is 0 Å². The van der Waals surface area contributed by atoms with E-state index in [1.54, 1.807) is 0 Å². The lowest BCUT2D eigenvalue weighted by molar-refractivity contribution is 0.00593. The summed E-state index contributed by atoms with van der Waals surface area (Å²) in [4.78, 5) is 5.67. The van der Waals surface area contributed by atoms with Gasteiger partial charge < -0.3 is 4.90 Å². The Labute approximate surface area is 124 Å². The van der Waals surface area contributed by atoms with Gasteiger partial charge in [-0.2, -0.15) is 0 Å². The number of fused-ring (bicyclic) bond motifs is 5. The molecule has 0 aromatic rings. The second-order valence-electron chi connectivity index (χ2n) is 8.21. The van der Waals surface area contributed by atoms with Crippen molar-refractivity contribution in [2.45, 2.75) is 76.9 Å². The molecule has 3 saturated heterocycles. The Kier molecular flexibility index (Phi) is 3.58. The van der Waals surface area contributed by atoms with E-state index in [-0.39, 0.29) is 0 Å². The molecule has 0 spiro atoms. The molecule has 0 amide bonds. The standard InChI is InChI=1S/C18H32N2/c1-3-19-11-15-9-16(18(19)10-15)8-13(2)20-12-14-4-6-17(20)7-5-14/h13-18H,3-12H2,1-2H3/t13?,14?,15-,16?,17?,18-/m0/s1. The number of hydrogen-bond acceptors (Lipinski definition) is 2. The Morgan fingerprint density at radius 2 is 1.80 bits per heavy atom. The van der Waals surface area contributed by atoms with Crippen LogP contribution >= 0.6 is 0 Å². The molecule has 20 heavy (non-hydrogen) atoms. The highest BCUT2D eigenvalue weighted by molar-refractivity contribution is 4.99. The number of rotatable bonds is 4. The van der Waals surface area contributed by atoms with Crippen molar-refractivity contribution < 1.29 is 0 Å². The molecule has 2 nitrogen and oxygen atoms in total. The van der Waals surface area contributed by atoms with Gasteiger partial charge in [0.2, 0.25) is 0 Å². The Morgan fingerprint density at radius 3 is 2.40 bits per heavy atom. The van der Waals surface area contributed by atoms with Crippen LogP contribution < -0.4 is 0 Å². The van der Waals surface area contributed by atoms with Gasteiger partial charge in [0.15, 0.2) is 0 Å². The topological polar surface area (TPSA) is 6.48 Å². The monoisotopic (exact) mass is 276 g/mol. The molecular weight excluding hydrogens is 244 g/mol. The quantitative estimate of drug-likeness (QED) is 0.777. The van der Waals surface area contributed by atoms with E-state index in [0.29, 0.717) is 0 Å². The molecule has 2 aliphatic carbocycles. The molecule has 2 heteroatoms. The Hall–Kier alpha value is -0.0800. The molecule has 0 radical (unpaired) electrons. The first-order valence-electron chi connectivity index (χ1n) is 9.24. The van der Waals surface area contributed by atoms with Gasteiger partial charge in [0.25, 0.3) is 0 Å². The van der Waals surface area contributed by atoms with Gasteiger partial charge in [-0.25, -0.2) is 0 Å². The molecule has 3 aliphatic heterocycles. The fourth-order valence-corrected chi connectivity index (χ4v) is 6.12. The van der Waals surface area contributed by atoms with E-state index in [1.807, 2.05) is 0 Å². The summed E-state index contributed by atoms with van der Waals surface area (Å²) < 4.78 is 0. The lowest BCUT2D eigenvalue weighted by Crippen LogP contribution is -2.52. The van der Waals surface area contributed by atoms with Crippen molar-refractivity contribution in [3.8, 4) is 0 Å². The summed E-state index contributed by atoms with van der Waals surface area (Å²) >= 11 is 0. The molecule has 4 bridgehead atoms. The largest absolute Gasteiger partial charge is 0.300 e. The van der Waals surface area contributed by atoms with Crippen LogP contribution in [0.2, 0.25) is 0 Å². The zero-order valence-corrected chi connectivity index (χ0v) is 13.4. The molecule has 3 heterocycles. The van der Waals surface area contributed by atoms with Crippen LogP contribution in [0.3, 0.4) is 0 Å². The van der Waals surface area contributed by atoms with Crippen molar-refractivity contribution in [1.82, 2.24) is 9.80 Å². The van der Waals surface area contributed by atoms with Crippen LogP contribution in [0.5, 0.6) is 0 Å². The second kappa shape index (κ2) is 5.28. The first-order valence-corrected chi connectivity index (χ1v) is 9.24. The van der Waals surface area contributed by atoms with E-state index in [1.165, 1.54) is 64.6 Å². The Bertz CT molecular complexity index is 347. The molecule has 2 unspecified atom stereocenters. The van der Waals surface area contributed by atoms with Gasteiger partial charge in [0.1, 0.15) is 0 Å². The van der Waals surface area contributed by atoms with Crippen molar-refractivity contribution >= 4 is 0 Å². The first kappa shape index (κ1) is 13.6. The minimum atomic E-state index is 0.839. The third-order valence-electron chi connectivity index (χ3n) is 7.09. The van der Waals surface area contributed by atoms with Gasteiger partial charge in [-0.05, 0) is 76.2 Å². The van der Waals surface area contributed by atoms with Crippen molar-refractivity contribution in [1.29, 1.82) is 0 Å². The van der Waals surface area contributed by atoms with Gasteiger partial charge in [0, 0.05) is 31.2 Å². The van der Waals surface area contributed by atoms with Crippen LogP contribution in [0.25, 0.3) is 0 Å². The number of nitrogens with zero attached hydrogens (tertiary/aromatic N) is 2. The summed E-state index contributed by atoms with van der Waals surface area (Å²) in [5.41, 5.74) is 0. The number of piperidine rings is 3.